The molecule has 1 aromatic heterocycles. The topological polar surface area (TPSA) is 109 Å². The van der Waals surface area contributed by atoms with E-state index < -0.39 is 29.8 Å². The zero-order valence-corrected chi connectivity index (χ0v) is 13.0. The predicted molar refractivity (Wildman–Crippen MR) is 79.4 cm³/mol. The smallest absolute Gasteiger partial charge is 0.408 e. The lowest BCUT2D eigenvalue weighted by molar-refractivity contribution is -0.147. The minimum Gasteiger partial charge on any atom is -0.479 e. The van der Waals surface area contributed by atoms with Gasteiger partial charge in [0.15, 0.2) is 5.54 Å². The number of aliphatic carboxylic acids is 1. The summed E-state index contributed by atoms with van der Waals surface area (Å²) in [5, 5.41) is 21.2. The largest absolute Gasteiger partial charge is 0.479 e. The van der Waals surface area contributed by atoms with Gasteiger partial charge in [-0.2, -0.15) is 0 Å². The van der Waals surface area contributed by atoms with Crippen LogP contribution in [0.25, 0.3) is 0 Å². The number of ether oxygens (including phenoxy) is 1. The van der Waals surface area contributed by atoms with Crippen LogP contribution in [0, 0.1) is 0 Å². The maximum Gasteiger partial charge on any atom is 0.408 e. The molecular weight excluding hydrogens is 288 g/mol. The second kappa shape index (κ2) is 7.22. The van der Waals surface area contributed by atoms with Crippen LogP contribution in [0.3, 0.4) is 0 Å². The van der Waals surface area contributed by atoms with Crippen molar-refractivity contribution in [1.29, 1.82) is 0 Å². The summed E-state index contributed by atoms with van der Waals surface area (Å²) in [7, 11) is 0. The highest BCUT2D eigenvalue weighted by molar-refractivity contribution is 5.84. The van der Waals surface area contributed by atoms with Crippen molar-refractivity contribution in [3.63, 3.8) is 0 Å². The first-order valence-corrected chi connectivity index (χ1v) is 6.94. The molecule has 0 bridgehead atoms. The van der Waals surface area contributed by atoms with Crippen molar-refractivity contribution in [2.24, 2.45) is 0 Å². The lowest BCUT2D eigenvalue weighted by Crippen LogP contribution is -2.58. The van der Waals surface area contributed by atoms with Gasteiger partial charge in [0.2, 0.25) is 0 Å². The van der Waals surface area contributed by atoms with Crippen LogP contribution in [-0.4, -0.2) is 45.0 Å². The number of amides is 1. The molecule has 1 atom stereocenters. The summed E-state index contributed by atoms with van der Waals surface area (Å²) in [4.78, 5) is 27.4. The summed E-state index contributed by atoms with van der Waals surface area (Å²) >= 11 is 0. The number of pyridine rings is 1. The number of aromatic nitrogens is 1. The fourth-order valence-corrected chi connectivity index (χ4v) is 1.80. The van der Waals surface area contributed by atoms with Crippen molar-refractivity contribution in [3.05, 3.63) is 30.1 Å². The quantitative estimate of drug-likeness (QED) is 0.732. The van der Waals surface area contributed by atoms with Crippen molar-refractivity contribution in [2.75, 3.05) is 6.61 Å². The Kier molecular flexibility index (Phi) is 5.87. The molecule has 0 aliphatic carbocycles. The molecule has 0 aliphatic heterocycles. The van der Waals surface area contributed by atoms with E-state index in [4.69, 9.17) is 4.74 Å². The molecule has 0 spiro atoms. The van der Waals surface area contributed by atoms with E-state index in [1.807, 2.05) is 0 Å². The molecule has 0 unspecified atom stereocenters. The Morgan fingerprint density at radius 3 is 2.45 bits per heavy atom. The summed E-state index contributed by atoms with van der Waals surface area (Å²) in [6.07, 6.45) is 1.00. The van der Waals surface area contributed by atoms with Gasteiger partial charge < -0.3 is 20.3 Å². The second-order valence-corrected chi connectivity index (χ2v) is 5.99. The van der Waals surface area contributed by atoms with Gasteiger partial charge >= 0.3 is 12.1 Å². The highest BCUT2D eigenvalue weighted by atomic mass is 16.6. The molecule has 0 aliphatic rings. The van der Waals surface area contributed by atoms with Crippen LogP contribution < -0.4 is 5.32 Å². The van der Waals surface area contributed by atoms with Crippen molar-refractivity contribution >= 4 is 12.1 Å². The zero-order chi connectivity index (χ0) is 16.8. The second-order valence-electron chi connectivity index (χ2n) is 5.99. The number of carbonyl (C=O) groups is 2. The van der Waals surface area contributed by atoms with Crippen LogP contribution >= 0.6 is 0 Å². The number of aryl methyl sites for hydroxylation is 1. The van der Waals surface area contributed by atoms with E-state index in [1.54, 1.807) is 45.2 Å². The molecule has 22 heavy (non-hydrogen) atoms. The van der Waals surface area contributed by atoms with E-state index in [0.29, 0.717) is 12.1 Å². The maximum atomic E-state index is 11.8. The Morgan fingerprint density at radius 1 is 1.32 bits per heavy atom. The number of alkyl carbamates (subject to hydrolysis) is 1. The molecule has 122 valence electrons. The average molecular weight is 310 g/mol. The van der Waals surface area contributed by atoms with Crippen LogP contribution in [0.5, 0.6) is 0 Å². The van der Waals surface area contributed by atoms with Crippen LogP contribution in [0.15, 0.2) is 24.4 Å². The van der Waals surface area contributed by atoms with Crippen LogP contribution in [0.4, 0.5) is 4.79 Å². The van der Waals surface area contributed by atoms with Gasteiger partial charge in [-0.1, -0.05) is 6.07 Å². The molecule has 0 radical (unpaired) electrons. The molecule has 7 heteroatoms. The van der Waals surface area contributed by atoms with Gasteiger partial charge in [0.25, 0.3) is 0 Å². The standard InChI is InChI=1S/C15H22N2O5/c1-14(2,3)22-13(21)17-15(10-18,12(19)20)8-7-11-6-4-5-9-16-11/h4-6,9,18H,7-8,10H2,1-3H3,(H,17,21)(H,19,20)/t15-/m0/s1. The Hall–Kier alpha value is -2.15. The molecule has 1 amide bonds. The first-order valence-electron chi connectivity index (χ1n) is 6.94. The van der Waals surface area contributed by atoms with E-state index in [-0.39, 0.29) is 6.42 Å². The fraction of sp³-hybridized carbons (Fsp3) is 0.533. The van der Waals surface area contributed by atoms with Gasteiger partial charge in [-0.3, -0.25) is 4.98 Å². The van der Waals surface area contributed by atoms with Crippen LogP contribution in [-0.2, 0) is 16.0 Å². The number of hydrogen-bond donors (Lipinski definition) is 3. The number of carboxylic acid groups (broad SMARTS) is 1. The molecule has 0 saturated carbocycles. The molecule has 0 fully saturated rings. The third-order valence-electron chi connectivity index (χ3n) is 2.95. The summed E-state index contributed by atoms with van der Waals surface area (Å²) in [6, 6.07) is 5.28. The number of carboxylic acids is 1. The lowest BCUT2D eigenvalue weighted by Gasteiger charge is -2.30. The van der Waals surface area contributed by atoms with Gasteiger partial charge in [-0.25, -0.2) is 9.59 Å². The molecule has 3 N–H and O–H groups in total. The van der Waals surface area contributed by atoms with E-state index in [2.05, 4.69) is 10.3 Å². The number of aliphatic hydroxyl groups is 1. The number of rotatable bonds is 6. The van der Waals surface area contributed by atoms with Crippen molar-refractivity contribution in [1.82, 2.24) is 10.3 Å². The molecular formula is C15H22N2O5. The minimum atomic E-state index is -1.81. The summed E-state index contributed by atoms with van der Waals surface area (Å²) < 4.78 is 5.06. The maximum absolute atomic E-state index is 11.8. The van der Waals surface area contributed by atoms with E-state index >= 15 is 0 Å². The van der Waals surface area contributed by atoms with Crippen molar-refractivity contribution in [3.8, 4) is 0 Å². The van der Waals surface area contributed by atoms with E-state index in [9.17, 15) is 19.8 Å². The van der Waals surface area contributed by atoms with Gasteiger partial charge in [0.05, 0.1) is 6.61 Å². The normalized spacial score (nSPS) is 14.0. The Bertz CT molecular complexity index is 512. The molecule has 0 aromatic carbocycles. The molecule has 7 nitrogen and oxygen atoms in total. The predicted octanol–water partition coefficient (Wildman–Crippen LogP) is 1.35. The van der Waals surface area contributed by atoms with Gasteiger partial charge in [0, 0.05) is 11.9 Å². The number of nitrogens with zero attached hydrogens (tertiary/aromatic N) is 1. The number of nitrogens with one attached hydrogen (secondary N) is 1. The number of carbonyl (C=O) groups excluding carboxylic acids is 1. The van der Waals surface area contributed by atoms with Crippen LogP contribution in [0.2, 0.25) is 0 Å². The van der Waals surface area contributed by atoms with E-state index in [1.165, 1.54) is 0 Å². The Morgan fingerprint density at radius 2 is 2.00 bits per heavy atom. The molecule has 0 saturated heterocycles. The third-order valence-corrected chi connectivity index (χ3v) is 2.95. The molecule has 1 aromatic rings. The number of hydrogen-bond acceptors (Lipinski definition) is 5. The Balaban J connectivity index is 2.81. The molecule has 1 rings (SSSR count). The van der Waals surface area contributed by atoms with Gasteiger partial charge in [0.1, 0.15) is 5.60 Å². The highest BCUT2D eigenvalue weighted by Gasteiger charge is 2.40. The third kappa shape index (κ3) is 5.33. The van der Waals surface area contributed by atoms with Gasteiger partial charge in [-0.15, -0.1) is 0 Å². The van der Waals surface area contributed by atoms with Crippen LogP contribution in [0.1, 0.15) is 32.9 Å². The van der Waals surface area contributed by atoms with Crippen molar-refractivity contribution in [2.45, 2.75) is 44.8 Å². The Labute approximate surface area is 129 Å². The monoisotopic (exact) mass is 310 g/mol. The van der Waals surface area contributed by atoms with Gasteiger partial charge in [-0.05, 0) is 45.7 Å². The summed E-state index contributed by atoms with van der Waals surface area (Å²) in [6.45, 7) is 4.26. The first kappa shape index (κ1) is 17.9. The first-order chi connectivity index (χ1) is 10.2. The summed E-state index contributed by atoms with van der Waals surface area (Å²) in [5.41, 5.74) is -1.89. The minimum absolute atomic E-state index is 0.00487. The number of aliphatic hydroxyl groups excluding tert-OH is 1. The average Bonchev–Trinajstić information content (AvgIpc) is 2.42. The zero-order valence-electron chi connectivity index (χ0n) is 13.0. The SMILES string of the molecule is CC(C)(C)OC(=O)N[C@](CO)(CCc1ccccn1)C(=O)O. The van der Waals surface area contributed by atoms with Crippen molar-refractivity contribution < 1.29 is 24.5 Å². The summed E-state index contributed by atoms with van der Waals surface area (Å²) in [5.74, 6) is -1.32. The lowest BCUT2D eigenvalue weighted by atomic mass is 9.93. The van der Waals surface area contributed by atoms with E-state index in [0.717, 1.165) is 0 Å². The molecule has 1 heterocycles. The fourth-order valence-electron chi connectivity index (χ4n) is 1.80. The highest BCUT2D eigenvalue weighted by Crippen LogP contribution is 2.16.